The lowest BCUT2D eigenvalue weighted by molar-refractivity contribution is -0.122. The summed E-state index contributed by atoms with van der Waals surface area (Å²) in [6.45, 7) is -0.260. The number of halogens is 1. The molecule has 7 nitrogen and oxygen atoms in total. The molecule has 19 heavy (non-hydrogen) atoms. The molecule has 0 radical (unpaired) electrons. The molecule has 9 heteroatoms. The van der Waals surface area contributed by atoms with E-state index >= 15 is 0 Å². The third kappa shape index (κ3) is 5.03. The number of benzene rings is 1. The van der Waals surface area contributed by atoms with Crippen LogP contribution in [0, 0.1) is 0 Å². The third-order valence-corrected chi connectivity index (χ3v) is 3.97. The summed E-state index contributed by atoms with van der Waals surface area (Å²) < 4.78 is 30.9. The van der Waals surface area contributed by atoms with Gasteiger partial charge in [0.25, 0.3) is 0 Å². The van der Waals surface area contributed by atoms with E-state index in [0.29, 0.717) is 0 Å². The van der Waals surface area contributed by atoms with E-state index in [0.717, 1.165) is 0 Å². The lowest BCUT2D eigenvalue weighted by atomic mass is 10.3. The Kier molecular flexibility index (Phi) is 5.55. The number of primary amides is 1. The van der Waals surface area contributed by atoms with E-state index in [2.05, 4.69) is 4.72 Å². The highest BCUT2D eigenvalue weighted by atomic mass is 35.5. The quantitative estimate of drug-likeness (QED) is 0.471. The zero-order valence-corrected chi connectivity index (χ0v) is 11.5. The summed E-state index contributed by atoms with van der Waals surface area (Å²) in [6.07, 6.45) is 0. The molecular formula is C10H14ClN3O4S. The second kappa shape index (κ2) is 6.71. The Bertz CT molecular complexity index is 562. The highest BCUT2D eigenvalue weighted by molar-refractivity contribution is 7.89. The van der Waals surface area contributed by atoms with Crippen LogP contribution in [0.4, 0.5) is 5.69 Å². The molecule has 1 aromatic carbocycles. The van der Waals surface area contributed by atoms with Crippen LogP contribution in [0.2, 0.25) is 5.02 Å². The van der Waals surface area contributed by atoms with E-state index in [9.17, 15) is 13.2 Å². The van der Waals surface area contributed by atoms with Crippen molar-refractivity contribution < 1.29 is 17.9 Å². The first-order valence-electron chi connectivity index (χ1n) is 5.23. The molecule has 0 spiro atoms. The first-order chi connectivity index (χ1) is 8.83. The molecule has 5 N–H and O–H groups in total. The van der Waals surface area contributed by atoms with Crippen LogP contribution in [0.25, 0.3) is 0 Å². The van der Waals surface area contributed by atoms with Crippen LogP contribution in [0.15, 0.2) is 23.1 Å². The van der Waals surface area contributed by atoms with Gasteiger partial charge in [0, 0.05) is 12.2 Å². The molecule has 1 aromatic rings. The Morgan fingerprint density at radius 2 is 2.11 bits per heavy atom. The second-order valence-corrected chi connectivity index (χ2v) is 5.75. The number of rotatable bonds is 7. The van der Waals surface area contributed by atoms with Gasteiger partial charge in [-0.3, -0.25) is 4.79 Å². The second-order valence-electron chi connectivity index (χ2n) is 3.61. The predicted molar refractivity (Wildman–Crippen MR) is 71.1 cm³/mol. The normalized spacial score (nSPS) is 11.4. The smallest absolute Gasteiger partial charge is 0.243 e. The van der Waals surface area contributed by atoms with Gasteiger partial charge in [0.1, 0.15) is 11.5 Å². The van der Waals surface area contributed by atoms with Gasteiger partial charge in [0.15, 0.2) is 0 Å². The molecule has 106 valence electrons. The fourth-order valence-electron chi connectivity index (χ4n) is 1.22. The van der Waals surface area contributed by atoms with E-state index in [1.807, 2.05) is 0 Å². The maximum Gasteiger partial charge on any atom is 0.243 e. The zero-order valence-electron chi connectivity index (χ0n) is 9.93. The van der Waals surface area contributed by atoms with Crippen molar-refractivity contribution >= 4 is 33.2 Å². The molecule has 1 rings (SSSR count). The number of anilines is 1. The average molecular weight is 308 g/mol. The molecule has 0 saturated heterocycles. The van der Waals surface area contributed by atoms with Gasteiger partial charge < -0.3 is 16.2 Å². The molecule has 0 bridgehead atoms. The minimum absolute atomic E-state index is 0.0132. The zero-order chi connectivity index (χ0) is 14.5. The Labute approximate surface area is 115 Å². The van der Waals surface area contributed by atoms with E-state index < -0.39 is 15.9 Å². The maximum absolute atomic E-state index is 11.9. The Balaban J connectivity index is 2.61. The highest BCUT2D eigenvalue weighted by Crippen LogP contribution is 2.23. The number of ether oxygens (including phenoxy) is 1. The number of sulfonamides is 1. The number of carbonyl (C=O) groups is 1. The van der Waals surface area contributed by atoms with Gasteiger partial charge in [-0.1, -0.05) is 11.6 Å². The minimum Gasteiger partial charge on any atom is -0.399 e. The predicted octanol–water partition coefficient (Wildman–Crippen LogP) is -0.298. The molecular weight excluding hydrogens is 294 g/mol. The number of carbonyl (C=O) groups excluding carboxylic acids is 1. The number of nitrogen functional groups attached to an aromatic ring is 1. The lowest BCUT2D eigenvalue weighted by Crippen LogP contribution is -2.29. The maximum atomic E-state index is 11.9. The summed E-state index contributed by atoms with van der Waals surface area (Å²) in [5.41, 5.74) is 10.6. The lowest BCUT2D eigenvalue weighted by Gasteiger charge is -2.09. The fraction of sp³-hybridized carbons (Fsp3) is 0.300. The van der Waals surface area contributed by atoms with Crippen LogP contribution in [0.3, 0.4) is 0 Å². The van der Waals surface area contributed by atoms with Crippen molar-refractivity contribution in [2.24, 2.45) is 5.73 Å². The van der Waals surface area contributed by atoms with Crippen molar-refractivity contribution in [3.8, 4) is 0 Å². The first-order valence-corrected chi connectivity index (χ1v) is 7.10. The van der Waals surface area contributed by atoms with Crippen molar-refractivity contribution in [3.05, 3.63) is 23.2 Å². The molecule has 0 aliphatic carbocycles. The van der Waals surface area contributed by atoms with E-state index in [4.69, 9.17) is 27.8 Å². The summed E-state index contributed by atoms with van der Waals surface area (Å²) in [5.74, 6) is -0.623. The highest BCUT2D eigenvalue weighted by Gasteiger charge is 2.17. The summed E-state index contributed by atoms with van der Waals surface area (Å²) in [6, 6.07) is 4.15. The molecule has 0 heterocycles. The summed E-state index contributed by atoms with van der Waals surface area (Å²) in [5, 5.41) is 0.0692. The van der Waals surface area contributed by atoms with E-state index in [-0.39, 0.29) is 35.4 Å². The Morgan fingerprint density at radius 3 is 2.74 bits per heavy atom. The van der Waals surface area contributed by atoms with Gasteiger partial charge in [-0.2, -0.15) is 0 Å². The number of amides is 1. The van der Waals surface area contributed by atoms with Crippen LogP contribution in [0.5, 0.6) is 0 Å². The van der Waals surface area contributed by atoms with Gasteiger partial charge in [-0.05, 0) is 18.2 Å². The molecule has 0 saturated carbocycles. The molecule has 1 amide bonds. The summed E-state index contributed by atoms with van der Waals surface area (Å²) in [4.78, 5) is 10.3. The van der Waals surface area contributed by atoms with Crippen molar-refractivity contribution in [1.29, 1.82) is 0 Å². The Morgan fingerprint density at radius 1 is 1.42 bits per heavy atom. The van der Waals surface area contributed by atoms with Gasteiger partial charge in [0.2, 0.25) is 15.9 Å². The topological polar surface area (TPSA) is 125 Å². The van der Waals surface area contributed by atoms with Crippen LogP contribution < -0.4 is 16.2 Å². The monoisotopic (exact) mass is 307 g/mol. The molecule has 0 fully saturated rings. The number of nitrogens with two attached hydrogens (primary N) is 2. The standard InChI is InChI=1S/C10H14ClN3O4S/c11-8-2-1-7(12)5-9(8)19(16,17)14-3-4-18-6-10(13)15/h1-2,5,14H,3-4,6,12H2,(H2,13,15). The van der Waals surface area contributed by atoms with Crippen molar-refractivity contribution in [2.75, 3.05) is 25.5 Å². The largest absolute Gasteiger partial charge is 0.399 e. The number of nitrogens with one attached hydrogen (secondary N) is 1. The van der Waals surface area contributed by atoms with Crippen LogP contribution in [0.1, 0.15) is 0 Å². The first kappa shape index (κ1) is 15.7. The molecule has 0 atom stereocenters. The van der Waals surface area contributed by atoms with Crippen molar-refractivity contribution in [1.82, 2.24) is 4.72 Å². The SMILES string of the molecule is NC(=O)COCCNS(=O)(=O)c1cc(N)ccc1Cl. The van der Waals surface area contributed by atoms with Crippen molar-refractivity contribution in [3.63, 3.8) is 0 Å². The molecule has 0 aliphatic heterocycles. The Hall–Kier alpha value is -1.35. The van der Waals surface area contributed by atoms with Crippen LogP contribution in [-0.4, -0.2) is 34.1 Å². The summed E-state index contributed by atoms with van der Waals surface area (Å²) in [7, 11) is -3.77. The van der Waals surface area contributed by atoms with Gasteiger partial charge in [-0.25, -0.2) is 13.1 Å². The van der Waals surface area contributed by atoms with E-state index in [1.54, 1.807) is 0 Å². The van der Waals surface area contributed by atoms with Crippen molar-refractivity contribution in [2.45, 2.75) is 4.90 Å². The van der Waals surface area contributed by atoms with Crippen LogP contribution in [-0.2, 0) is 19.6 Å². The minimum atomic E-state index is -3.77. The number of hydrogen-bond acceptors (Lipinski definition) is 5. The fourth-order valence-corrected chi connectivity index (χ4v) is 2.77. The van der Waals surface area contributed by atoms with Gasteiger partial charge in [-0.15, -0.1) is 0 Å². The average Bonchev–Trinajstić information content (AvgIpc) is 2.31. The van der Waals surface area contributed by atoms with Gasteiger partial charge in [0.05, 0.1) is 11.6 Å². The molecule has 0 aliphatic rings. The van der Waals surface area contributed by atoms with E-state index in [1.165, 1.54) is 18.2 Å². The van der Waals surface area contributed by atoms with Crippen LogP contribution >= 0.6 is 11.6 Å². The molecule has 0 unspecified atom stereocenters. The van der Waals surface area contributed by atoms with Gasteiger partial charge >= 0.3 is 0 Å². The molecule has 0 aromatic heterocycles. The third-order valence-electron chi connectivity index (χ3n) is 2.03. The summed E-state index contributed by atoms with van der Waals surface area (Å²) >= 11 is 5.80. The number of hydrogen-bond donors (Lipinski definition) is 3.